The van der Waals surface area contributed by atoms with Crippen LogP contribution in [-0.4, -0.2) is 62.2 Å². The fourth-order valence-electron chi connectivity index (χ4n) is 7.91. The SMILES string of the molecule is O=C([C@@H](Cc1ccc(Cl)cc1)N[C@H]1CC[C@H](Nc2ccc(F)cn2)CC1)N1CCC(Cc2nc[nH]n2)(C2CCCCC2)CC1. The number of aromatic nitrogens is 4. The number of benzene rings is 1. The molecule has 1 amide bonds. The zero-order valence-corrected chi connectivity index (χ0v) is 26.2. The van der Waals surface area contributed by atoms with E-state index in [4.69, 9.17) is 11.6 Å². The maximum absolute atomic E-state index is 14.2. The minimum absolute atomic E-state index is 0.156. The van der Waals surface area contributed by atoms with Gasteiger partial charge in [-0.05, 0) is 98.9 Å². The van der Waals surface area contributed by atoms with E-state index < -0.39 is 0 Å². The fourth-order valence-corrected chi connectivity index (χ4v) is 8.03. The monoisotopic (exact) mass is 621 g/mol. The van der Waals surface area contributed by atoms with Crippen LogP contribution in [0.5, 0.6) is 0 Å². The van der Waals surface area contributed by atoms with Gasteiger partial charge in [0.05, 0.1) is 12.2 Å². The highest BCUT2D eigenvalue weighted by Gasteiger charge is 2.44. The molecule has 0 unspecified atom stereocenters. The zero-order valence-electron chi connectivity index (χ0n) is 25.5. The number of carbonyl (C=O) groups excluding carboxylic acids is 1. The number of carbonyl (C=O) groups is 1. The van der Waals surface area contributed by atoms with Crippen LogP contribution in [0, 0.1) is 17.2 Å². The topological polar surface area (TPSA) is 98.8 Å². The van der Waals surface area contributed by atoms with Crippen molar-refractivity contribution < 1.29 is 9.18 Å². The third-order valence-corrected chi connectivity index (χ3v) is 10.7. The summed E-state index contributed by atoms with van der Waals surface area (Å²) in [6, 6.07) is 11.2. The maximum Gasteiger partial charge on any atom is 0.240 e. The van der Waals surface area contributed by atoms with E-state index in [1.807, 2.05) is 24.3 Å². The number of aromatic amines is 1. The number of pyridine rings is 1. The van der Waals surface area contributed by atoms with Gasteiger partial charge in [0.2, 0.25) is 5.91 Å². The van der Waals surface area contributed by atoms with Gasteiger partial charge in [0.1, 0.15) is 18.0 Å². The van der Waals surface area contributed by atoms with Crippen molar-refractivity contribution in [1.82, 2.24) is 30.4 Å². The van der Waals surface area contributed by atoms with E-state index in [0.717, 1.165) is 69.4 Å². The molecule has 0 bridgehead atoms. The van der Waals surface area contributed by atoms with Crippen molar-refractivity contribution >= 4 is 23.3 Å². The molecule has 2 aliphatic carbocycles. The third kappa shape index (κ3) is 7.78. The highest BCUT2D eigenvalue weighted by atomic mass is 35.5. The predicted octanol–water partition coefficient (Wildman–Crippen LogP) is 6.35. The number of H-pyrrole nitrogens is 1. The molecule has 44 heavy (non-hydrogen) atoms. The van der Waals surface area contributed by atoms with Gasteiger partial charge in [-0.25, -0.2) is 14.4 Å². The first-order chi connectivity index (χ1) is 21.5. The van der Waals surface area contributed by atoms with Crippen LogP contribution in [0.1, 0.15) is 82.0 Å². The second-order valence-electron chi connectivity index (χ2n) is 13.2. The molecule has 10 heteroatoms. The van der Waals surface area contributed by atoms with Crippen molar-refractivity contribution in [2.75, 3.05) is 18.4 Å². The molecule has 2 saturated carbocycles. The highest BCUT2D eigenvalue weighted by Crippen LogP contribution is 2.47. The summed E-state index contributed by atoms with van der Waals surface area (Å²) in [6.45, 7) is 1.56. The minimum Gasteiger partial charge on any atom is -0.367 e. The molecule has 236 valence electrons. The lowest BCUT2D eigenvalue weighted by molar-refractivity contribution is -0.137. The van der Waals surface area contributed by atoms with Crippen LogP contribution in [0.3, 0.4) is 0 Å². The average Bonchev–Trinajstić information content (AvgIpc) is 3.57. The number of anilines is 1. The number of nitrogens with zero attached hydrogens (tertiary/aromatic N) is 4. The van der Waals surface area contributed by atoms with E-state index in [-0.39, 0.29) is 35.3 Å². The summed E-state index contributed by atoms with van der Waals surface area (Å²) in [4.78, 5) is 25.0. The third-order valence-electron chi connectivity index (χ3n) is 10.4. The number of hydrogen-bond acceptors (Lipinski definition) is 6. The Labute approximate surface area is 265 Å². The van der Waals surface area contributed by atoms with Crippen molar-refractivity contribution in [1.29, 1.82) is 0 Å². The molecule has 2 aromatic heterocycles. The van der Waals surface area contributed by atoms with E-state index in [1.165, 1.54) is 44.4 Å². The van der Waals surface area contributed by atoms with E-state index in [9.17, 15) is 9.18 Å². The van der Waals surface area contributed by atoms with Crippen LogP contribution in [0.15, 0.2) is 48.9 Å². The smallest absolute Gasteiger partial charge is 0.240 e. The zero-order chi connectivity index (χ0) is 30.4. The normalized spacial score (nSPS) is 23.3. The molecule has 3 aliphatic rings. The van der Waals surface area contributed by atoms with Gasteiger partial charge in [-0.3, -0.25) is 9.89 Å². The van der Waals surface area contributed by atoms with Crippen molar-refractivity contribution in [3.63, 3.8) is 0 Å². The van der Waals surface area contributed by atoms with Crippen molar-refractivity contribution in [2.45, 2.75) is 102 Å². The molecule has 3 N–H and O–H groups in total. The quantitative estimate of drug-likeness (QED) is 0.244. The molecular formula is C34H45ClFN7O. The lowest BCUT2D eigenvalue weighted by atomic mass is 9.62. The number of rotatable bonds is 10. The molecule has 1 aliphatic heterocycles. The van der Waals surface area contributed by atoms with Crippen LogP contribution in [0.4, 0.5) is 10.2 Å². The highest BCUT2D eigenvalue weighted by molar-refractivity contribution is 6.30. The lowest BCUT2D eigenvalue weighted by Gasteiger charge is -2.48. The van der Waals surface area contributed by atoms with E-state index in [2.05, 4.69) is 35.7 Å². The fraction of sp³-hybridized carbons (Fsp3) is 0.588. The predicted molar refractivity (Wildman–Crippen MR) is 171 cm³/mol. The molecule has 1 aromatic carbocycles. The van der Waals surface area contributed by atoms with Gasteiger partial charge in [0, 0.05) is 36.6 Å². The van der Waals surface area contributed by atoms with Gasteiger partial charge >= 0.3 is 0 Å². The Balaban J connectivity index is 1.10. The number of amides is 1. The number of nitrogens with one attached hydrogen (secondary N) is 3. The van der Waals surface area contributed by atoms with Crippen LogP contribution < -0.4 is 10.6 Å². The summed E-state index contributed by atoms with van der Waals surface area (Å²) in [5.41, 5.74) is 1.26. The first-order valence-electron chi connectivity index (χ1n) is 16.5. The van der Waals surface area contributed by atoms with Gasteiger partial charge in [0.25, 0.3) is 0 Å². The van der Waals surface area contributed by atoms with Gasteiger partial charge in [-0.2, -0.15) is 5.10 Å². The summed E-state index contributed by atoms with van der Waals surface area (Å²) in [5, 5.41) is 15.3. The lowest BCUT2D eigenvalue weighted by Crippen LogP contribution is -2.55. The van der Waals surface area contributed by atoms with Crippen molar-refractivity contribution in [3.8, 4) is 0 Å². The largest absolute Gasteiger partial charge is 0.367 e. The first kappa shape index (κ1) is 31.0. The molecule has 0 spiro atoms. The Kier molecular flexibility index (Phi) is 10.1. The molecule has 3 heterocycles. The Bertz CT molecular complexity index is 1310. The van der Waals surface area contributed by atoms with Crippen molar-refractivity contribution in [2.24, 2.45) is 11.3 Å². The number of piperidine rings is 1. The Morgan fingerprint density at radius 3 is 2.36 bits per heavy atom. The first-order valence-corrected chi connectivity index (χ1v) is 16.9. The van der Waals surface area contributed by atoms with Crippen LogP contribution in [-0.2, 0) is 17.6 Å². The maximum atomic E-state index is 14.2. The van der Waals surface area contributed by atoms with E-state index in [1.54, 1.807) is 12.4 Å². The molecule has 3 fully saturated rings. The molecule has 1 saturated heterocycles. The molecule has 3 aromatic rings. The molecular weight excluding hydrogens is 577 g/mol. The summed E-state index contributed by atoms with van der Waals surface area (Å²) in [7, 11) is 0. The van der Waals surface area contributed by atoms with E-state index >= 15 is 0 Å². The average molecular weight is 622 g/mol. The van der Waals surface area contributed by atoms with Crippen molar-refractivity contribution in [3.05, 3.63) is 71.2 Å². The molecule has 6 rings (SSSR count). The van der Waals surface area contributed by atoms with Crippen LogP contribution in [0.25, 0.3) is 0 Å². The Morgan fingerprint density at radius 2 is 1.70 bits per heavy atom. The van der Waals surface area contributed by atoms with Gasteiger partial charge in [-0.1, -0.05) is 43.0 Å². The second-order valence-corrected chi connectivity index (χ2v) is 13.7. The minimum atomic E-state index is -0.331. The standard InChI is InChI=1S/C34H45ClFN7O/c35-26-8-6-24(7-9-26)20-30(40-28-11-13-29(14-12-28)41-31-15-10-27(36)22-37-31)33(44)43-18-16-34(17-19-43,21-32-38-23-39-42-32)25-4-2-1-3-5-25/h6-10,15,22-23,25,28-30,40H,1-5,11-14,16-21H2,(H,37,41)(H,38,39,42)/t28-,29-,30-/m1/s1. The summed E-state index contributed by atoms with van der Waals surface area (Å²) >= 11 is 6.18. The van der Waals surface area contributed by atoms with Crippen LogP contribution >= 0.6 is 11.6 Å². The number of likely N-dealkylation sites (tertiary alicyclic amines) is 1. The van der Waals surface area contributed by atoms with Gasteiger partial charge < -0.3 is 15.5 Å². The number of halogens is 2. The molecule has 1 atom stereocenters. The second kappa shape index (κ2) is 14.4. The summed E-state index contributed by atoms with van der Waals surface area (Å²) < 4.78 is 13.3. The molecule has 8 nitrogen and oxygen atoms in total. The Morgan fingerprint density at radius 1 is 0.977 bits per heavy atom. The summed E-state index contributed by atoms with van der Waals surface area (Å²) in [6.07, 6.45) is 16.8. The number of hydrogen-bond donors (Lipinski definition) is 3. The van der Waals surface area contributed by atoms with Gasteiger partial charge in [0.15, 0.2) is 5.82 Å². The Hall–Kier alpha value is -3.04. The molecule has 0 radical (unpaired) electrons. The van der Waals surface area contributed by atoms with E-state index in [0.29, 0.717) is 23.2 Å². The van der Waals surface area contributed by atoms with Crippen LogP contribution in [0.2, 0.25) is 5.02 Å². The van der Waals surface area contributed by atoms with Gasteiger partial charge in [-0.15, -0.1) is 0 Å². The summed E-state index contributed by atoms with van der Waals surface area (Å²) in [5.74, 6) is 2.15.